The summed E-state index contributed by atoms with van der Waals surface area (Å²) in [5.41, 5.74) is 9.37. The van der Waals surface area contributed by atoms with Gasteiger partial charge in [0.1, 0.15) is 5.82 Å². The maximum absolute atomic E-state index is 13.7. The van der Waals surface area contributed by atoms with E-state index in [-0.39, 0.29) is 17.9 Å². The summed E-state index contributed by atoms with van der Waals surface area (Å²) in [5, 5.41) is 3.86. The highest BCUT2D eigenvalue weighted by Gasteiger charge is 2.07. The summed E-state index contributed by atoms with van der Waals surface area (Å²) >= 11 is 0. The molecular weight excluding hydrogens is 285 g/mol. The predicted molar refractivity (Wildman–Crippen MR) is 80.3 cm³/mol. The van der Waals surface area contributed by atoms with E-state index >= 15 is 0 Å². The Morgan fingerprint density at radius 2 is 2.09 bits per heavy atom. The van der Waals surface area contributed by atoms with E-state index in [2.05, 4.69) is 15.0 Å². The van der Waals surface area contributed by atoms with Crippen molar-refractivity contribution in [2.45, 2.75) is 6.54 Å². The van der Waals surface area contributed by atoms with Crippen LogP contribution in [0.3, 0.4) is 0 Å². The fourth-order valence-corrected chi connectivity index (χ4v) is 2.18. The van der Waals surface area contributed by atoms with Gasteiger partial charge in [0.25, 0.3) is 5.56 Å². The van der Waals surface area contributed by atoms with Crippen LogP contribution in [-0.2, 0) is 6.54 Å². The second-order valence-electron chi connectivity index (χ2n) is 4.66. The molecule has 0 aliphatic rings. The number of azide groups is 1. The second-order valence-corrected chi connectivity index (χ2v) is 4.66. The normalized spacial score (nSPS) is 10.4. The molecule has 0 bridgehead atoms. The van der Waals surface area contributed by atoms with Crippen LogP contribution in [-0.4, -0.2) is 9.55 Å². The van der Waals surface area contributed by atoms with E-state index in [1.807, 2.05) is 0 Å². The Morgan fingerprint density at radius 1 is 1.27 bits per heavy atom. The minimum Gasteiger partial charge on any atom is -0.294 e. The molecule has 7 heteroatoms. The third kappa shape index (κ3) is 2.53. The average Bonchev–Trinajstić information content (AvgIpc) is 2.52. The molecule has 3 aromatic rings. The molecule has 0 unspecified atom stereocenters. The minimum atomic E-state index is -0.367. The maximum atomic E-state index is 13.7. The van der Waals surface area contributed by atoms with Gasteiger partial charge in [-0.05, 0) is 23.7 Å². The first-order chi connectivity index (χ1) is 10.7. The van der Waals surface area contributed by atoms with Gasteiger partial charge in [0.05, 0.1) is 23.8 Å². The maximum Gasteiger partial charge on any atom is 0.261 e. The van der Waals surface area contributed by atoms with Crippen LogP contribution < -0.4 is 5.56 Å². The number of hydrogen-bond acceptors (Lipinski definition) is 3. The lowest BCUT2D eigenvalue weighted by Gasteiger charge is -2.07. The van der Waals surface area contributed by atoms with Gasteiger partial charge in [-0.3, -0.25) is 9.36 Å². The van der Waals surface area contributed by atoms with Crippen LogP contribution in [0.2, 0.25) is 0 Å². The van der Waals surface area contributed by atoms with Crippen LogP contribution in [0.25, 0.3) is 21.3 Å². The first kappa shape index (κ1) is 13.8. The average molecular weight is 295 g/mol. The van der Waals surface area contributed by atoms with Crippen molar-refractivity contribution in [3.05, 3.63) is 81.0 Å². The molecule has 0 spiro atoms. The van der Waals surface area contributed by atoms with E-state index < -0.39 is 0 Å². The quantitative estimate of drug-likeness (QED) is 0.420. The third-order valence-corrected chi connectivity index (χ3v) is 3.27. The van der Waals surface area contributed by atoms with Gasteiger partial charge < -0.3 is 0 Å². The van der Waals surface area contributed by atoms with Crippen LogP contribution >= 0.6 is 0 Å². The smallest absolute Gasteiger partial charge is 0.261 e. The molecule has 0 atom stereocenters. The molecule has 1 heterocycles. The summed E-state index contributed by atoms with van der Waals surface area (Å²) in [6.07, 6.45) is 1.36. The Morgan fingerprint density at radius 3 is 2.86 bits per heavy atom. The lowest BCUT2D eigenvalue weighted by atomic mass is 10.2. The molecule has 3 rings (SSSR count). The summed E-state index contributed by atoms with van der Waals surface area (Å²) in [6.45, 7) is 0.104. The molecule has 0 N–H and O–H groups in total. The largest absolute Gasteiger partial charge is 0.294 e. The molecule has 0 fully saturated rings. The Labute approximate surface area is 124 Å². The highest BCUT2D eigenvalue weighted by molar-refractivity contribution is 5.80. The van der Waals surface area contributed by atoms with Crippen LogP contribution in [0.4, 0.5) is 10.1 Å². The number of hydrogen-bond donors (Lipinski definition) is 0. The van der Waals surface area contributed by atoms with Crippen LogP contribution in [0.5, 0.6) is 0 Å². The van der Waals surface area contributed by atoms with Crippen LogP contribution in [0.1, 0.15) is 5.56 Å². The lowest BCUT2D eigenvalue weighted by molar-refractivity contribution is 0.595. The summed E-state index contributed by atoms with van der Waals surface area (Å²) in [4.78, 5) is 19.3. The number of aromatic nitrogens is 2. The molecule has 2 aromatic carbocycles. The molecule has 6 nitrogen and oxygen atoms in total. The van der Waals surface area contributed by atoms with E-state index in [4.69, 9.17) is 5.53 Å². The molecule has 108 valence electrons. The Balaban J connectivity index is 2.07. The van der Waals surface area contributed by atoms with Crippen molar-refractivity contribution in [1.82, 2.24) is 9.55 Å². The second kappa shape index (κ2) is 5.67. The molecule has 1 aromatic heterocycles. The molecule has 22 heavy (non-hydrogen) atoms. The Kier molecular flexibility index (Phi) is 3.55. The summed E-state index contributed by atoms with van der Waals surface area (Å²) in [6, 6.07) is 10.9. The van der Waals surface area contributed by atoms with Crippen molar-refractivity contribution in [3.63, 3.8) is 0 Å². The van der Waals surface area contributed by atoms with Gasteiger partial charge in [0, 0.05) is 16.2 Å². The third-order valence-electron chi connectivity index (χ3n) is 3.27. The van der Waals surface area contributed by atoms with Crippen molar-refractivity contribution >= 4 is 16.6 Å². The summed E-state index contributed by atoms with van der Waals surface area (Å²) in [7, 11) is 0. The number of nitrogens with zero attached hydrogens (tertiary/aromatic N) is 5. The van der Waals surface area contributed by atoms with E-state index in [1.165, 1.54) is 23.0 Å². The van der Waals surface area contributed by atoms with Gasteiger partial charge in [-0.15, -0.1) is 0 Å². The van der Waals surface area contributed by atoms with Crippen molar-refractivity contribution in [3.8, 4) is 0 Å². The van der Waals surface area contributed by atoms with E-state index in [1.54, 1.807) is 30.3 Å². The van der Waals surface area contributed by atoms with E-state index in [9.17, 15) is 9.18 Å². The monoisotopic (exact) mass is 295 g/mol. The molecule has 0 saturated heterocycles. The van der Waals surface area contributed by atoms with Gasteiger partial charge in [-0.25, -0.2) is 9.37 Å². The topological polar surface area (TPSA) is 83.7 Å². The van der Waals surface area contributed by atoms with Gasteiger partial charge in [-0.1, -0.05) is 29.4 Å². The van der Waals surface area contributed by atoms with Crippen molar-refractivity contribution < 1.29 is 4.39 Å². The Hall–Kier alpha value is -3.18. The van der Waals surface area contributed by atoms with Crippen molar-refractivity contribution in [2.75, 3.05) is 0 Å². The lowest BCUT2D eigenvalue weighted by Crippen LogP contribution is -2.21. The predicted octanol–water partition coefficient (Wildman–Crippen LogP) is 3.53. The number of benzene rings is 2. The van der Waals surface area contributed by atoms with Crippen LogP contribution in [0.15, 0.2) is 58.7 Å². The van der Waals surface area contributed by atoms with Gasteiger partial charge in [-0.2, -0.15) is 0 Å². The first-order valence-electron chi connectivity index (χ1n) is 6.47. The zero-order valence-corrected chi connectivity index (χ0v) is 11.3. The SMILES string of the molecule is [N-]=[N+]=Nc1ccc2c(=O)n(Cc3ccccc3F)cnc2c1. The molecule has 0 saturated carbocycles. The Bertz CT molecular complexity index is 960. The summed E-state index contributed by atoms with van der Waals surface area (Å²) < 4.78 is 15.0. The highest BCUT2D eigenvalue weighted by atomic mass is 19.1. The number of fused-ring (bicyclic) bond motifs is 1. The minimum absolute atomic E-state index is 0.104. The zero-order valence-electron chi connectivity index (χ0n) is 11.3. The van der Waals surface area contributed by atoms with E-state index in [0.717, 1.165) is 0 Å². The fraction of sp³-hybridized carbons (Fsp3) is 0.0667. The molecule has 0 aliphatic heterocycles. The standard InChI is InChI=1S/C15H10FN5O/c16-13-4-2-1-3-10(13)8-21-9-18-14-7-11(19-20-17)5-6-12(14)15(21)22/h1-7,9H,8H2. The molecule has 0 radical (unpaired) electrons. The van der Waals surface area contributed by atoms with Crippen molar-refractivity contribution in [2.24, 2.45) is 5.11 Å². The zero-order chi connectivity index (χ0) is 15.5. The van der Waals surface area contributed by atoms with Gasteiger partial charge >= 0.3 is 0 Å². The van der Waals surface area contributed by atoms with Gasteiger partial charge in [0.2, 0.25) is 0 Å². The molecular formula is C15H10FN5O. The fourth-order valence-electron chi connectivity index (χ4n) is 2.18. The number of rotatable bonds is 3. The summed E-state index contributed by atoms with van der Waals surface area (Å²) in [5.74, 6) is -0.367. The van der Waals surface area contributed by atoms with Crippen molar-refractivity contribution in [1.29, 1.82) is 0 Å². The number of halogens is 1. The van der Waals surface area contributed by atoms with Gasteiger partial charge in [0.15, 0.2) is 0 Å². The van der Waals surface area contributed by atoms with E-state index in [0.29, 0.717) is 22.2 Å². The first-order valence-corrected chi connectivity index (χ1v) is 6.47. The molecule has 0 aliphatic carbocycles. The molecule has 0 amide bonds. The highest BCUT2D eigenvalue weighted by Crippen LogP contribution is 2.17. The van der Waals surface area contributed by atoms with Crippen LogP contribution in [0, 0.1) is 5.82 Å².